The van der Waals surface area contributed by atoms with Crippen molar-refractivity contribution < 1.29 is 18.7 Å². The van der Waals surface area contributed by atoms with Crippen molar-refractivity contribution in [2.45, 2.75) is 33.4 Å². The number of fused-ring (bicyclic) bond motifs is 1. The summed E-state index contributed by atoms with van der Waals surface area (Å²) in [5.74, 6) is 0.999. The lowest BCUT2D eigenvalue weighted by Crippen LogP contribution is -2.27. The number of rotatable bonds is 7. The number of anilines is 1. The lowest BCUT2D eigenvalue weighted by Gasteiger charge is -2.27. The number of nitrogens with one attached hydrogen (secondary N) is 1. The van der Waals surface area contributed by atoms with Crippen LogP contribution in [0.4, 0.5) is 10.3 Å². The van der Waals surface area contributed by atoms with Crippen molar-refractivity contribution >= 4 is 11.7 Å². The lowest BCUT2D eigenvalue weighted by atomic mass is 9.93. The molecule has 31 heavy (non-hydrogen) atoms. The maximum absolute atomic E-state index is 13.9. The SMILES string of the molecule is CCOc1cc(C2C(C(C)=O)=C(C)Nc3nnnn32)ccc1OCc1ccccc1F. The van der Waals surface area contributed by atoms with Crippen LogP contribution in [0.25, 0.3) is 0 Å². The molecule has 4 rings (SSSR count). The molecule has 9 heteroatoms. The minimum atomic E-state index is -0.511. The Balaban J connectivity index is 1.70. The molecule has 0 saturated heterocycles. The second kappa shape index (κ2) is 8.55. The molecule has 1 aromatic heterocycles. The summed E-state index contributed by atoms with van der Waals surface area (Å²) in [6.45, 7) is 5.67. The van der Waals surface area contributed by atoms with Gasteiger partial charge in [0.05, 0.1) is 6.61 Å². The van der Waals surface area contributed by atoms with Gasteiger partial charge in [-0.3, -0.25) is 4.79 Å². The first-order chi connectivity index (χ1) is 15.0. The van der Waals surface area contributed by atoms with Crippen LogP contribution < -0.4 is 14.8 Å². The molecule has 160 valence electrons. The van der Waals surface area contributed by atoms with Gasteiger partial charge in [0, 0.05) is 16.8 Å². The van der Waals surface area contributed by atoms with Crippen LogP contribution in [-0.2, 0) is 11.4 Å². The van der Waals surface area contributed by atoms with Crippen LogP contribution in [0.1, 0.15) is 37.9 Å². The van der Waals surface area contributed by atoms with Crippen molar-refractivity contribution in [1.29, 1.82) is 0 Å². The van der Waals surface area contributed by atoms with Crippen LogP contribution in [0, 0.1) is 5.82 Å². The van der Waals surface area contributed by atoms with Crippen LogP contribution >= 0.6 is 0 Å². The van der Waals surface area contributed by atoms with Gasteiger partial charge in [0.15, 0.2) is 17.3 Å². The van der Waals surface area contributed by atoms with Gasteiger partial charge in [-0.2, -0.15) is 4.68 Å². The predicted molar refractivity (Wildman–Crippen MR) is 111 cm³/mol. The number of hydrogen-bond acceptors (Lipinski definition) is 7. The number of Topliss-reactive ketones (excluding diaryl/α,β-unsaturated/α-hetero) is 1. The number of carbonyl (C=O) groups excluding carboxylic acids is 1. The molecule has 0 aliphatic carbocycles. The van der Waals surface area contributed by atoms with Crippen LogP contribution in [-0.4, -0.2) is 32.6 Å². The van der Waals surface area contributed by atoms with E-state index in [-0.39, 0.29) is 18.2 Å². The van der Waals surface area contributed by atoms with Gasteiger partial charge in [-0.05, 0) is 55.0 Å². The second-order valence-corrected chi connectivity index (χ2v) is 7.09. The number of carbonyl (C=O) groups is 1. The smallest absolute Gasteiger partial charge is 0.248 e. The van der Waals surface area contributed by atoms with E-state index in [1.54, 1.807) is 35.0 Å². The average Bonchev–Trinajstić information content (AvgIpc) is 3.21. The molecule has 1 N–H and O–H groups in total. The summed E-state index contributed by atoms with van der Waals surface area (Å²) < 4.78 is 27.1. The third kappa shape index (κ3) is 3.98. The Hall–Kier alpha value is -3.75. The fraction of sp³-hybridized carbons (Fsp3) is 0.273. The zero-order chi connectivity index (χ0) is 22.0. The average molecular weight is 423 g/mol. The normalized spacial score (nSPS) is 15.3. The van der Waals surface area contributed by atoms with Crippen molar-refractivity contribution in [1.82, 2.24) is 20.2 Å². The van der Waals surface area contributed by atoms with Crippen molar-refractivity contribution in [2.24, 2.45) is 0 Å². The van der Waals surface area contributed by atoms with E-state index in [9.17, 15) is 9.18 Å². The molecular weight excluding hydrogens is 401 g/mol. The summed E-state index contributed by atoms with van der Waals surface area (Å²) in [6, 6.07) is 11.3. The van der Waals surface area contributed by atoms with E-state index in [0.29, 0.717) is 40.9 Å². The zero-order valence-electron chi connectivity index (χ0n) is 17.4. The minimum Gasteiger partial charge on any atom is -0.490 e. The largest absolute Gasteiger partial charge is 0.490 e. The predicted octanol–water partition coefficient (Wildman–Crippen LogP) is 3.67. The van der Waals surface area contributed by atoms with E-state index in [1.807, 2.05) is 19.9 Å². The fourth-order valence-corrected chi connectivity index (χ4v) is 3.63. The van der Waals surface area contributed by atoms with E-state index in [2.05, 4.69) is 20.8 Å². The van der Waals surface area contributed by atoms with Crippen molar-refractivity contribution in [2.75, 3.05) is 11.9 Å². The maximum Gasteiger partial charge on any atom is 0.248 e. The molecule has 0 bridgehead atoms. The molecule has 0 amide bonds. The summed E-state index contributed by atoms with van der Waals surface area (Å²) in [7, 11) is 0. The quantitative estimate of drug-likeness (QED) is 0.620. The third-order valence-electron chi connectivity index (χ3n) is 5.02. The highest BCUT2D eigenvalue weighted by Gasteiger charge is 2.32. The Bertz CT molecular complexity index is 1160. The first-order valence-corrected chi connectivity index (χ1v) is 9.89. The molecule has 8 nitrogen and oxygen atoms in total. The molecule has 0 radical (unpaired) electrons. The topological polar surface area (TPSA) is 91.2 Å². The van der Waals surface area contributed by atoms with Crippen molar-refractivity contribution in [3.05, 3.63) is 70.7 Å². The molecule has 1 aliphatic heterocycles. The molecule has 0 saturated carbocycles. The highest BCUT2D eigenvalue weighted by molar-refractivity contribution is 5.96. The molecule has 1 aliphatic rings. The summed E-state index contributed by atoms with van der Waals surface area (Å²) >= 11 is 0. The van der Waals surface area contributed by atoms with Crippen LogP contribution in [0.2, 0.25) is 0 Å². The van der Waals surface area contributed by atoms with Gasteiger partial charge >= 0.3 is 0 Å². The summed E-state index contributed by atoms with van der Waals surface area (Å²) in [5.41, 5.74) is 2.46. The Morgan fingerprint density at radius 1 is 1.19 bits per heavy atom. The van der Waals surface area contributed by atoms with Gasteiger partial charge in [-0.25, -0.2) is 4.39 Å². The number of benzene rings is 2. The molecule has 1 unspecified atom stereocenters. The lowest BCUT2D eigenvalue weighted by molar-refractivity contribution is -0.114. The third-order valence-corrected chi connectivity index (χ3v) is 5.02. The van der Waals surface area contributed by atoms with Crippen molar-refractivity contribution in [3.63, 3.8) is 0 Å². The van der Waals surface area contributed by atoms with Gasteiger partial charge in [0.2, 0.25) is 5.95 Å². The number of halogens is 1. The maximum atomic E-state index is 13.9. The summed E-state index contributed by atoms with van der Waals surface area (Å²) in [4.78, 5) is 12.4. The first-order valence-electron chi connectivity index (χ1n) is 9.89. The van der Waals surface area contributed by atoms with E-state index in [1.165, 1.54) is 13.0 Å². The van der Waals surface area contributed by atoms with Gasteiger partial charge in [0.1, 0.15) is 18.5 Å². The molecule has 2 heterocycles. The van der Waals surface area contributed by atoms with Crippen LogP contribution in [0.15, 0.2) is 53.7 Å². The number of ketones is 1. The van der Waals surface area contributed by atoms with Crippen LogP contribution in [0.5, 0.6) is 11.5 Å². The highest BCUT2D eigenvalue weighted by atomic mass is 19.1. The minimum absolute atomic E-state index is 0.0638. The molecule has 0 spiro atoms. The molecule has 3 aromatic rings. The van der Waals surface area contributed by atoms with Gasteiger partial charge < -0.3 is 14.8 Å². The van der Waals surface area contributed by atoms with E-state index >= 15 is 0 Å². The van der Waals surface area contributed by atoms with E-state index in [0.717, 1.165) is 5.56 Å². The summed E-state index contributed by atoms with van der Waals surface area (Å²) in [5, 5.41) is 14.8. The standard InChI is InChI=1S/C22H22FN5O3/c1-4-30-19-11-15(9-10-18(19)31-12-16-7-5-6-8-17(16)23)21-20(14(3)29)13(2)24-22-25-26-27-28(21)22/h5-11,21H,4,12H2,1-3H3,(H,24,25,27). The monoisotopic (exact) mass is 423 g/mol. The second-order valence-electron chi connectivity index (χ2n) is 7.09. The van der Waals surface area contributed by atoms with Crippen LogP contribution in [0.3, 0.4) is 0 Å². The number of hydrogen-bond donors (Lipinski definition) is 1. The Morgan fingerprint density at radius 3 is 2.74 bits per heavy atom. The van der Waals surface area contributed by atoms with Gasteiger partial charge in [-0.15, -0.1) is 0 Å². The molecular formula is C22H22FN5O3. The van der Waals surface area contributed by atoms with Gasteiger partial charge in [-0.1, -0.05) is 29.4 Å². The van der Waals surface area contributed by atoms with Crippen molar-refractivity contribution in [3.8, 4) is 11.5 Å². The fourth-order valence-electron chi connectivity index (χ4n) is 3.63. The number of ether oxygens (including phenoxy) is 2. The molecule has 2 aromatic carbocycles. The number of nitrogens with zero attached hydrogens (tertiary/aromatic N) is 4. The first kappa shape index (κ1) is 20.5. The zero-order valence-corrected chi connectivity index (χ0v) is 17.4. The highest BCUT2D eigenvalue weighted by Crippen LogP contribution is 2.38. The number of tetrazole rings is 1. The Kier molecular flexibility index (Phi) is 5.66. The molecule has 1 atom stereocenters. The van der Waals surface area contributed by atoms with E-state index < -0.39 is 6.04 Å². The number of aromatic nitrogens is 4. The summed E-state index contributed by atoms with van der Waals surface area (Å²) in [6.07, 6.45) is 0. The van der Waals surface area contributed by atoms with E-state index in [4.69, 9.17) is 9.47 Å². The molecule has 0 fully saturated rings. The number of allylic oxidation sites excluding steroid dienone is 2. The Morgan fingerprint density at radius 2 is 2.00 bits per heavy atom. The Labute approximate surface area is 178 Å². The van der Waals surface area contributed by atoms with Gasteiger partial charge in [0.25, 0.3) is 0 Å².